The highest BCUT2D eigenvalue weighted by atomic mass is 32.1. The molecular formula is C7H12N2S. The van der Waals surface area contributed by atoms with Gasteiger partial charge in [0.1, 0.15) is 0 Å². The van der Waals surface area contributed by atoms with Gasteiger partial charge in [-0.3, -0.25) is 4.68 Å². The molecule has 0 saturated heterocycles. The number of thiol groups is 1. The van der Waals surface area contributed by atoms with Gasteiger partial charge in [-0.25, -0.2) is 0 Å². The van der Waals surface area contributed by atoms with Crippen LogP contribution in [0.1, 0.15) is 25.6 Å². The van der Waals surface area contributed by atoms with Crippen molar-refractivity contribution in [3.05, 3.63) is 18.0 Å². The monoisotopic (exact) mass is 156 g/mol. The van der Waals surface area contributed by atoms with Crippen molar-refractivity contribution in [3.63, 3.8) is 0 Å². The summed E-state index contributed by atoms with van der Waals surface area (Å²) in [7, 11) is 0. The molecule has 56 valence electrons. The Morgan fingerprint density at radius 2 is 2.40 bits per heavy atom. The van der Waals surface area contributed by atoms with E-state index in [4.69, 9.17) is 0 Å². The van der Waals surface area contributed by atoms with Crippen LogP contribution in [0.15, 0.2) is 12.3 Å². The van der Waals surface area contributed by atoms with E-state index >= 15 is 0 Å². The summed E-state index contributed by atoms with van der Waals surface area (Å²) >= 11 is 4.12. The molecule has 0 saturated carbocycles. The van der Waals surface area contributed by atoms with Gasteiger partial charge >= 0.3 is 0 Å². The zero-order chi connectivity index (χ0) is 7.56. The third-order valence-electron chi connectivity index (χ3n) is 1.35. The van der Waals surface area contributed by atoms with Gasteiger partial charge in [-0.1, -0.05) is 0 Å². The van der Waals surface area contributed by atoms with E-state index in [1.807, 2.05) is 16.9 Å². The summed E-state index contributed by atoms with van der Waals surface area (Å²) in [5.41, 5.74) is 1.04. The number of nitrogens with zero attached hydrogens (tertiary/aromatic N) is 2. The Hall–Kier alpha value is -0.440. The second kappa shape index (κ2) is 3.10. The van der Waals surface area contributed by atoms with Crippen LogP contribution in [0.2, 0.25) is 0 Å². The minimum absolute atomic E-state index is 0.452. The van der Waals surface area contributed by atoms with Gasteiger partial charge < -0.3 is 0 Å². The van der Waals surface area contributed by atoms with Crippen molar-refractivity contribution < 1.29 is 0 Å². The van der Waals surface area contributed by atoms with Crippen LogP contribution in [0.4, 0.5) is 0 Å². The first kappa shape index (κ1) is 7.66. The third-order valence-corrected chi connectivity index (χ3v) is 1.68. The lowest BCUT2D eigenvalue weighted by Gasteiger charge is -2.02. The molecule has 0 aliphatic rings. The third kappa shape index (κ3) is 1.53. The van der Waals surface area contributed by atoms with Gasteiger partial charge in [-0.05, 0) is 19.9 Å². The lowest BCUT2D eigenvalue weighted by Crippen LogP contribution is -2.01. The van der Waals surface area contributed by atoms with Crippen molar-refractivity contribution in [2.45, 2.75) is 25.6 Å². The average molecular weight is 156 g/mol. The fourth-order valence-electron chi connectivity index (χ4n) is 0.749. The smallest absolute Gasteiger partial charge is 0.0720 e. The molecule has 0 N–H and O–H groups in total. The summed E-state index contributed by atoms with van der Waals surface area (Å²) in [6.45, 7) is 4.21. The second-order valence-electron chi connectivity index (χ2n) is 2.54. The van der Waals surface area contributed by atoms with Crippen molar-refractivity contribution in [2.24, 2.45) is 0 Å². The molecule has 0 aliphatic carbocycles. The summed E-state index contributed by atoms with van der Waals surface area (Å²) in [4.78, 5) is 0. The first-order valence-electron chi connectivity index (χ1n) is 3.39. The number of rotatable bonds is 2. The van der Waals surface area contributed by atoms with Gasteiger partial charge in [0.25, 0.3) is 0 Å². The standard InChI is InChI=1S/C7H12N2S/c1-6(2)9-4-3-7(5-10)8-9/h3-4,6,10H,5H2,1-2H3. The topological polar surface area (TPSA) is 17.8 Å². The van der Waals surface area contributed by atoms with Crippen molar-refractivity contribution >= 4 is 12.6 Å². The Morgan fingerprint density at radius 3 is 2.70 bits per heavy atom. The van der Waals surface area contributed by atoms with Crippen LogP contribution in [-0.4, -0.2) is 9.78 Å². The summed E-state index contributed by atoms with van der Waals surface area (Å²) in [5.74, 6) is 0.722. The Morgan fingerprint density at radius 1 is 1.70 bits per heavy atom. The molecule has 0 aliphatic heterocycles. The Labute approximate surface area is 66.7 Å². The minimum Gasteiger partial charge on any atom is -0.270 e. The molecule has 0 amide bonds. The van der Waals surface area contributed by atoms with Crippen molar-refractivity contribution in [2.75, 3.05) is 0 Å². The van der Waals surface area contributed by atoms with Crippen LogP contribution in [-0.2, 0) is 5.75 Å². The van der Waals surface area contributed by atoms with Crippen molar-refractivity contribution in [1.82, 2.24) is 9.78 Å². The SMILES string of the molecule is CC(C)n1ccc(CS)n1. The first-order valence-corrected chi connectivity index (χ1v) is 4.02. The number of aromatic nitrogens is 2. The number of hydrogen-bond donors (Lipinski definition) is 1. The van der Waals surface area contributed by atoms with E-state index in [1.54, 1.807) is 0 Å². The van der Waals surface area contributed by atoms with E-state index in [1.165, 1.54) is 0 Å². The molecule has 1 heterocycles. The summed E-state index contributed by atoms with van der Waals surface area (Å²) in [6, 6.07) is 2.45. The van der Waals surface area contributed by atoms with Gasteiger partial charge in [0, 0.05) is 18.0 Å². The zero-order valence-electron chi connectivity index (χ0n) is 6.28. The molecule has 1 rings (SSSR count). The normalized spacial score (nSPS) is 10.8. The fraction of sp³-hybridized carbons (Fsp3) is 0.571. The summed E-state index contributed by atoms with van der Waals surface area (Å²) < 4.78 is 1.94. The van der Waals surface area contributed by atoms with Gasteiger partial charge in [0.2, 0.25) is 0 Å². The molecule has 0 unspecified atom stereocenters. The quantitative estimate of drug-likeness (QED) is 0.647. The summed E-state index contributed by atoms with van der Waals surface area (Å²) in [6.07, 6.45) is 1.98. The van der Waals surface area contributed by atoms with Gasteiger partial charge in [-0.15, -0.1) is 0 Å². The van der Waals surface area contributed by atoms with Gasteiger partial charge in [-0.2, -0.15) is 17.7 Å². The van der Waals surface area contributed by atoms with Crippen molar-refractivity contribution in [3.8, 4) is 0 Å². The molecule has 3 heteroatoms. The molecule has 0 fully saturated rings. The number of hydrogen-bond acceptors (Lipinski definition) is 2. The molecule has 0 bridgehead atoms. The molecule has 0 atom stereocenters. The highest BCUT2D eigenvalue weighted by Crippen LogP contribution is 2.05. The molecule has 0 aromatic carbocycles. The predicted octanol–water partition coefficient (Wildman–Crippen LogP) is 1.89. The Balaban J connectivity index is 2.78. The van der Waals surface area contributed by atoms with E-state index in [-0.39, 0.29) is 0 Å². The van der Waals surface area contributed by atoms with Crippen LogP contribution in [0.3, 0.4) is 0 Å². The highest BCUT2D eigenvalue weighted by Gasteiger charge is 1.98. The Bertz CT molecular complexity index is 205. The largest absolute Gasteiger partial charge is 0.270 e. The van der Waals surface area contributed by atoms with Crippen LogP contribution in [0.5, 0.6) is 0 Å². The lowest BCUT2D eigenvalue weighted by atomic mass is 10.4. The maximum atomic E-state index is 4.27. The second-order valence-corrected chi connectivity index (χ2v) is 2.86. The van der Waals surface area contributed by atoms with Gasteiger partial charge in [0.15, 0.2) is 0 Å². The van der Waals surface area contributed by atoms with Crippen molar-refractivity contribution in [1.29, 1.82) is 0 Å². The van der Waals surface area contributed by atoms with E-state index in [0.717, 1.165) is 11.4 Å². The first-order chi connectivity index (χ1) is 4.74. The van der Waals surface area contributed by atoms with E-state index in [2.05, 4.69) is 31.6 Å². The van der Waals surface area contributed by atoms with E-state index < -0.39 is 0 Å². The summed E-state index contributed by atoms with van der Waals surface area (Å²) in [5, 5.41) is 4.27. The highest BCUT2D eigenvalue weighted by molar-refractivity contribution is 7.79. The predicted molar refractivity (Wildman–Crippen MR) is 45.3 cm³/mol. The molecule has 1 aromatic rings. The van der Waals surface area contributed by atoms with E-state index in [9.17, 15) is 0 Å². The molecule has 0 radical (unpaired) electrons. The van der Waals surface area contributed by atoms with E-state index in [0.29, 0.717) is 6.04 Å². The molecular weight excluding hydrogens is 144 g/mol. The maximum absolute atomic E-state index is 4.27. The fourth-order valence-corrected chi connectivity index (χ4v) is 0.918. The maximum Gasteiger partial charge on any atom is 0.0720 e. The molecule has 1 aromatic heterocycles. The minimum atomic E-state index is 0.452. The van der Waals surface area contributed by atoms with Crippen LogP contribution >= 0.6 is 12.6 Å². The lowest BCUT2D eigenvalue weighted by molar-refractivity contribution is 0.529. The van der Waals surface area contributed by atoms with Crippen LogP contribution in [0, 0.1) is 0 Å². The van der Waals surface area contributed by atoms with Crippen LogP contribution < -0.4 is 0 Å². The van der Waals surface area contributed by atoms with Gasteiger partial charge in [0.05, 0.1) is 5.69 Å². The zero-order valence-corrected chi connectivity index (χ0v) is 7.18. The molecule has 2 nitrogen and oxygen atoms in total. The molecule has 0 spiro atoms. The van der Waals surface area contributed by atoms with Crippen LogP contribution in [0.25, 0.3) is 0 Å². The Kier molecular flexibility index (Phi) is 2.38. The molecule has 10 heavy (non-hydrogen) atoms. The average Bonchev–Trinajstić information content (AvgIpc) is 2.34.